The predicted octanol–water partition coefficient (Wildman–Crippen LogP) is 1.80. The van der Waals surface area contributed by atoms with E-state index in [2.05, 4.69) is 23.0 Å². The van der Waals surface area contributed by atoms with E-state index >= 15 is 0 Å². The zero-order valence-electron chi connectivity index (χ0n) is 12.0. The Kier molecular flexibility index (Phi) is 4.91. The summed E-state index contributed by atoms with van der Waals surface area (Å²) in [6.45, 7) is 1.45. The molecule has 4 heteroatoms. The summed E-state index contributed by atoms with van der Waals surface area (Å²) in [6, 6.07) is 6.03. The van der Waals surface area contributed by atoms with Gasteiger partial charge in [0.05, 0.1) is 17.3 Å². The van der Waals surface area contributed by atoms with Crippen LogP contribution < -0.4 is 5.73 Å². The number of pyridine rings is 1. The molecule has 1 saturated carbocycles. The third-order valence-electron chi connectivity index (χ3n) is 4.45. The molecule has 0 amide bonds. The van der Waals surface area contributed by atoms with E-state index in [-0.39, 0.29) is 11.6 Å². The predicted molar refractivity (Wildman–Crippen MR) is 76.8 cm³/mol. The first-order valence-electron chi connectivity index (χ1n) is 7.07. The van der Waals surface area contributed by atoms with Crippen LogP contribution in [0.2, 0.25) is 0 Å². The van der Waals surface area contributed by atoms with Crippen LogP contribution in [0, 0.1) is 0 Å². The van der Waals surface area contributed by atoms with Crippen LogP contribution in [0.4, 0.5) is 0 Å². The number of hydrogen-bond donors (Lipinski definition) is 1. The topological polar surface area (TPSA) is 51.4 Å². The number of rotatable bonds is 5. The number of methoxy groups -OCH3 is 1. The second-order valence-electron chi connectivity index (χ2n) is 5.45. The molecule has 1 aromatic rings. The first kappa shape index (κ1) is 14.4. The lowest BCUT2D eigenvalue weighted by Gasteiger charge is -2.48. The Morgan fingerprint density at radius 3 is 2.95 bits per heavy atom. The highest BCUT2D eigenvalue weighted by Crippen LogP contribution is 2.34. The first-order chi connectivity index (χ1) is 9.23. The fourth-order valence-corrected chi connectivity index (χ4v) is 3.25. The van der Waals surface area contributed by atoms with Gasteiger partial charge < -0.3 is 10.5 Å². The lowest BCUT2D eigenvalue weighted by molar-refractivity contribution is -0.0691. The largest absolute Gasteiger partial charge is 0.379 e. The summed E-state index contributed by atoms with van der Waals surface area (Å²) in [6.07, 6.45) is 6.72. The maximum Gasteiger partial charge on any atom is 0.0767 e. The van der Waals surface area contributed by atoms with Crippen molar-refractivity contribution >= 4 is 0 Å². The van der Waals surface area contributed by atoms with Crippen molar-refractivity contribution in [2.45, 2.75) is 43.9 Å². The maximum absolute atomic E-state index is 6.12. The Morgan fingerprint density at radius 2 is 2.32 bits per heavy atom. The van der Waals surface area contributed by atoms with Gasteiger partial charge in [0.2, 0.25) is 0 Å². The molecule has 2 atom stereocenters. The van der Waals surface area contributed by atoms with Gasteiger partial charge in [-0.25, -0.2) is 0 Å². The molecule has 0 radical (unpaired) electrons. The van der Waals surface area contributed by atoms with Gasteiger partial charge in [0.1, 0.15) is 0 Å². The number of ether oxygens (including phenoxy) is 1. The number of nitrogens with two attached hydrogens (primary N) is 1. The smallest absolute Gasteiger partial charge is 0.0767 e. The molecule has 106 valence electrons. The minimum atomic E-state index is -0.0511. The molecular weight excluding hydrogens is 238 g/mol. The molecule has 2 N–H and O–H groups in total. The quantitative estimate of drug-likeness (QED) is 0.880. The Hall–Kier alpha value is -0.970. The standard InChI is InChI=1S/C15H25N3O/c1-18(11-13-7-4-6-10-17-13)15(12-16)9-5-3-8-14(15)19-2/h4,6-7,10,14H,3,5,8-9,11-12,16H2,1-2H3. The van der Waals surface area contributed by atoms with E-state index in [0.717, 1.165) is 25.1 Å². The van der Waals surface area contributed by atoms with Crippen LogP contribution in [0.3, 0.4) is 0 Å². The van der Waals surface area contributed by atoms with Crippen molar-refractivity contribution in [2.75, 3.05) is 20.7 Å². The minimum absolute atomic E-state index is 0.0511. The summed E-state index contributed by atoms with van der Waals surface area (Å²) >= 11 is 0. The molecule has 1 aromatic heterocycles. The molecule has 0 bridgehead atoms. The van der Waals surface area contributed by atoms with Gasteiger partial charge in [-0.05, 0) is 32.0 Å². The zero-order valence-corrected chi connectivity index (χ0v) is 12.0. The highest BCUT2D eigenvalue weighted by atomic mass is 16.5. The average Bonchev–Trinajstić information content (AvgIpc) is 2.47. The van der Waals surface area contributed by atoms with Gasteiger partial charge >= 0.3 is 0 Å². The van der Waals surface area contributed by atoms with E-state index < -0.39 is 0 Å². The second kappa shape index (κ2) is 6.46. The lowest BCUT2D eigenvalue weighted by atomic mass is 9.77. The van der Waals surface area contributed by atoms with Crippen molar-refractivity contribution in [3.8, 4) is 0 Å². The van der Waals surface area contributed by atoms with E-state index in [1.807, 2.05) is 18.3 Å². The third kappa shape index (κ3) is 2.96. The van der Waals surface area contributed by atoms with Crippen LogP contribution in [0.5, 0.6) is 0 Å². The molecule has 1 aliphatic rings. The van der Waals surface area contributed by atoms with Gasteiger partial charge in [-0.3, -0.25) is 9.88 Å². The molecule has 0 aliphatic heterocycles. The molecule has 1 fully saturated rings. The molecule has 2 rings (SSSR count). The van der Waals surface area contributed by atoms with Gasteiger partial charge in [-0.1, -0.05) is 18.9 Å². The molecule has 19 heavy (non-hydrogen) atoms. The fraction of sp³-hybridized carbons (Fsp3) is 0.667. The van der Waals surface area contributed by atoms with E-state index in [1.54, 1.807) is 7.11 Å². The molecule has 0 spiro atoms. The molecule has 4 nitrogen and oxygen atoms in total. The highest BCUT2D eigenvalue weighted by molar-refractivity contribution is 5.07. The molecule has 1 aliphatic carbocycles. The highest BCUT2D eigenvalue weighted by Gasteiger charge is 2.43. The first-order valence-corrected chi connectivity index (χ1v) is 7.07. The second-order valence-corrected chi connectivity index (χ2v) is 5.45. The maximum atomic E-state index is 6.12. The van der Waals surface area contributed by atoms with E-state index in [1.165, 1.54) is 12.8 Å². The van der Waals surface area contributed by atoms with Crippen molar-refractivity contribution in [2.24, 2.45) is 5.73 Å². The third-order valence-corrected chi connectivity index (χ3v) is 4.45. The molecule has 2 unspecified atom stereocenters. The summed E-state index contributed by atoms with van der Waals surface area (Å²) < 4.78 is 5.71. The van der Waals surface area contributed by atoms with Crippen molar-refractivity contribution in [1.82, 2.24) is 9.88 Å². The Morgan fingerprint density at radius 1 is 1.47 bits per heavy atom. The Bertz CT molecular complexity index is 384. The SMILES string of the molecule is COC1CCCCC1(CN)N(C)Cc1ccccn1. The van der Waals surface area contributed by atoms with Crippen LogP contribution in [0.25, 0.3) is 0 Å². The Labute approximate surface area is 116 Å². The summed E-state index contributed by atoms with van der Waals surface area (Å²) in [5.41, 5.74) is 7.15. The van der Waals surface area contributed by atoms with E-state index in [0.29, 0.717) is 6.54 Å². The van der Waals surface area contributed by atoms with Gasteiger partial charge in [0, 0.05) is 26.4 Å². The van der Waals surface area contributed by atoms with Crippen molar-refractivity contribution < 1.29 is 4.74 Å². The fourth-order valence-electron chi connectivity index (χ4n) is 3.25. The van der Waals surface area contributed by atoms with Gasteiger partial charge in [-0.2, -0.15) is 0 Å². The van der Waals surface area contributed by atoms with Crippen molar-refractivity contribution in [3.63, 3.8) is 0 Å². The number of likely N-dealkylation sites (N-methyl/N-ethyl adjacent to an activating group) is 1. The summed E-state index contributed by atoms with van der Waals surface area (Å²) in [5, 5.41) is 0. The van der Waals surface area contributed by atoms with E-state index in [4.69, 9.17) is 10.5 Å². The van der Waals surface area contributed by atoms with Gasteiger partial charge in [0.25, 0.3) is 0 Å². The van der Waals surface area contributed by atoms with Crippen LogP contribution in [-0.4, -0.2) is 42.2 Å². The van der Waals surface area contributed by atoms with Gasteiger partial charge in [0.15, 0.2) is 0 Å². The molecule has 0 saturated heterocycles. The van der Waals surface area contributed by atoms with Gasteiger partial charge in [-0.15, -0.1) is 0 Å². The number of aromatic nitrogens is 1. The normalized spacial score (nSPS) is 27.7. The molecule has 1 heterocycles. The minimum Gasteiger partial charge on any atom is -0.379 e. The van der Waals surface area contributed by atoms with Crippen LogP contribution in [0.1, 0.15) is 31.4 Å². The van der Waals surface area contributed by atoms with Crippen LogP contribution in [-0.2, 0) is 11.3 Å². The molecular formula is C15H25N3O. The van der Waals surface area contributed by atoms with E-state index in [9.17, 15) is 0 Å². The lowest BCUT2D eigenvalue weighted by Crippen LogP contribution is -2.61. The monoisotopic (exact) mass is 263 g/mol. The summed E-state index contributed by atoms with van der Waals surface area (Å²) in [4.78, 5) is 6.74. The summed E-state index contributed by atoms with van der Waals surface area (Å²) in [7, 11) is 3.94. The molecule has 0 aromatic carbocycles. The zero-order chi connectivity index (χ0) is 13.7. The number of hydrogen-bond acceptors (Lipinski definition) is 4. The van der Waals surface area contributed by atoms with Crippen LogP contribution >= 0.6 is 0 Å². The summed E-state index contributed by atoms with van der Waals surface area (Å²) in [5.74, 6) is 0. The average molecular weight is 263 g/mol. The van der Waals surface area contributed by atoms with Crippen molar-refractivity contribution in [3.05, 3.63) is 30.1 Å². The van der Waals surface area contributed by atoms with Crippen molar-refractivity contribution in [1.29, 1.82) is 0 Å². The Balaban J connectivity index is 2.15. The number of nitrogens with zero attached hydrogens (tertiary/aromatic N) is 2. The van der Waals surface area contributed by atoms with Crippen LogP contribution in [0.15, 0.2) is 24.4 Å².